The second-order valence-corrected chi connectivity index (χ2v) is 8.14. The standard InChI is InChI=1S/C18H22F3N3O4/c1-17(2,3)28-16(25)23-12-5-6-13(23)10-22(9-12)14-7-4-11(18(19,20)21)8-15(14)24(26)27/h4,7-8,12-13H,5-6,9-10H2,1-3H3. The van der Waals surface area contributed by atoms with Gasteiger partial charge >= 0.3 is 12.3 Å². The number of nitro benzene ring substituents is 1. The average Bonchev–Trinajstić information content (AvgIpc) is 2.82. The van der Waals surface area contributed by atoms with Crippen LogP contribution >= 0.6 is 0 Å². The van der Waals surface area contributed by atoms with Gasteiger partial charge in [-0.15, -0.1) is 0 Å². The van der Waals surface area contributed by atoms with Crippen molar-refractivity contribution in [2.45, 2.75) is 57.5 Å². The van der Waals surface area contributed by atoms with Crippen molar-refractivity contribution in [2.75, 3.05) is 18.0 Å². The molecule has 2 aliphatic rings. The van der Waals surface area contributed by atoms with Crippen LogP contribution < -0.4 is 4.90 Å². The third-order valence-corrected chi connectivity index (χ3v) is 4.93. The molecule has 2 fully saturated rings. The number of benzene rings is 1. The number of hydrogen-bond acceptors (Lipinski definition) is 5. The van der Waals surface area contributed by atoms with Crippen molar-refractivity contribution in [2.24, 2.45) is 0 Å². The number of anilines is 1. The van der Waals surface area contributed by atoms with Crippen molar-refractivity contribution >= 4 is 17.5 Å². The molecule has 2 atom stereocenters. The van der Waals surface area contributed by atoms with E-state index >= 15 is 0 Å². The van der Waals surface area contributed by atoms with E-state index in [9.17, 15) is 28.1 Å². The highest BCUT2D eigenvalue weighted by Gasteiger charge is 2.45. The van der Waals surface area contributed by atoms with Crippen LogP contribution in [0.1, 0.15) is 39.2 Å². The maximum absolute atomic E-state index is 12.9. The predicted octanol–water partition coefficient (Wildman–Crippen LogP) is 4.20. The van der Waals surface area contributed by atoms with Crippen molar-refractivity contribution in [1.82, 2.24) is 4.90 Å². The highest BCUT2D eigenvalue weighted by molar-refractivity contribution is 5.71. The molecule has 28 heavy (non-hydrogen) atoms. The van der Waals surface area contributed by atoms with Crippen molar-refractivity contribution in [3.8, 4) is 0 Å². The summed E-state index contributed by atoms with van der Waals surface area (Å²) in [5.41, 5.74) is -2.14. The molecule has 154 valence electrons. The number of piperazine rings is 1. The van der Waals surface area contributed by atoms with Crippen molar-refractivity contribution < 1.29 is 27.6 Å². The third-order valence-electron chi connectivity index (χ3n) is 4.93. The van der Waals surface area contributed by atoms with Gasteiger partial charge in [-0.05, 0) is 45.7 Å². The van der Waals surface area contributed by atoms with Crippen molar-refractivity contribution in [3.63, 3.8) is 0 Å². The summed E-state index contributed by atoms with van der Waals surface area (Å²) in [7, 11) is 0. The number of hydrogen-bond donors (Lipinski definition) is 0. The zero-order valence-corrected chi connectivity index (χ0v) is 15.8. The Morgan fingerprint density at radius 1 is 1.18 bits per heavy atom. The van der Waals surface area contributed by atoms with Gasteiger partial charge in [-0.1, -0.05) is 0 Å². The molecule has 2 saturated heterocycles. The molecule has 1 amide bonds. The van der Waals surface area contributed by atoms with E-state index in [1.165, 1.54) is 0 Å². The molecule has 2 bridgehead atoms. The zero-order chi connectivity index (χ0) is 20.9. The normalized spacial score (nSPS) is 22.4. The van der Waals surface area contributed by atoms with Crippen molar-refractivity contribution in [1.29, 1.82) is 0 Å². The van der Waals surface area contributed by atoms with Crippen LogP contribution in [0.2, 0.25) is 0 Å². The molecule has 0 aliphatic carbocycles. The lowest BCUT2D eigenvalue weighted by Crippen LogP contribution is -2.56. The van der Waals surface area contributed by atoms with Crippen LogP contribution in [0.4, 0.5) is 29.3 Å². The molecule has 2 unspecified atom stereocenters. The van der Waals surface area contributed by atoms with E-state index < -0.39 is 34.0 Å². The molecule has 3 rings (SSSR count). The zero-order valence-electron chi connectivity index (χ0n) is 15.8. The van der Waals surface area contributed by atoms with Gasteiger partial charge in [-0.25, -0.2) is 4.79 Å². The number of nitrogens with zero attached hydrogens (tertiary/aromatic N) is 3. The second kappa shape index (κ2) is 6.82. The van der Waals surface area contributed by atoms with E-state index in [0.717, 1.165) is 25.0 Å². The van der Waals surface area contributed by atoms with Gasteiger partial charge in [0.2, 0.25) is 0 Å². The Morgan fingerprint density at radius 3 is 2.21 bits per heavy atom. The maximum Gasteiger partial charge on any atom is 0.416 e. The Morgan fingerprint density at radius 2 is 1.75 bits per heavy atom. The van der Waals surface area contributed by atoms with E-state index in [1.807, 2.05) is 0 Å². The third kappa shape index (κ3) is 4.00. The number of halogens is 3. The monoisotopic (exact) mass is 401 g/mol. The number of carbonyl (C=O) groups excluding carboxylic acids is 1. The molecule has 2 aliphatic heterocycles. The largest absolute Gasteiger partial charge is 0.444 e. The summed E-state index contributed by atoms with van der Waals surface area (Å²) in [5.74, 6) is 0. The summed E-state index contributed by atoms with van der Waals surface area (Å²) in [5, 5.41) is 11.4. The summed E-state index contributed by atoms with van der Waals surface area (Å²) in [6.45, 7) is 5.93. The summed E-state index contributed by atoms with van der Waals surface area (Å²) in [6.07, 6.45) is -3.65. The van der Waals surface area contributed by atoms with Gasteiger partial charge in [0.1, 0.15) is 11.3 Å². The molecule has 1 aromatic carbocycles. The number of rotatable bonds is 2. The quantitative estimate of drug-likeness (QED) is 0.548. The van der Waals surface area contributed by atoms with Gasteiger partial charge in [0.15, 0.2) is 0 Å². The Hall–Kier alpha value is -2.52. The fourth-order valence-electron chi connectivity index (χ4n) is 3.83. The van der Waals surface area contributed by atoms with Crippen LogP contribution in [0.25, 0.3) is 0 Å². The van der Waals surface area contributed by atoms with Gasteiger partial charge < -0.3 is 9.64 Å². The molecule has 0 aromatic heterocycles. The Kier molecular flexibility index (Phi) is 4.93. The molecular weight excluding hydrogens is 379 g/mol. The van der Waals surface area contributed by atoms with E-state index in [1.54, 1.807) is 30.6 Å². The highest BCUT2D eigenvalue weighted by atomic mass is 19.4. The number of nitro groups is 1. The number of fused-ring (bicyclic) bond motifs is 2. The van der Waals surface area contributed by atoms with Crippen molar-refractivity contribution in [3.05, 3.63) is 33.9 Å². The Labute approximate surface area is 160 Å². The SMILES string of the molecule is CC(C)(C)OC(=O)N1C2CCC1CN(c1ccc(C(F)(F)F)cc1[N+](=O)[O-])C2. The minimum atomic E-state index is -4.66. The Bertz CT molecular complexity index is 777. The fourth-order valence-corrected chi connectivity index (χ4v) is 3.83. The van der Waals surface area contributed by atoms with Gasteiger partial charge in [-0.3, -0.25) is 15.0 Å². The Balaban J connectivity index is 1.85. The first-order valence-electron chi connectivity index (χ1n) is 8.99. The first kappa shape index (κ1) is 20.2. The van der Waals surface area contributed by atoms with E-state index in [-0.39, 0.29) is 17.8 Å². The molecule has 2 heterocycles. The lowest BCUT2D eigenvalue weighted by atomic mass is 10.1. The molecule has 1 aromatic rings. The van der Waals surface area contributed by atoms with Gasteiger partial charge in [0, 0.05) is 19.2 Å². The number of amides is 1. The maximum atomic E-state index is 12.9. The predicted molar refractivity (Wildman–Crippen MR) is 95.2 cm³/mol. The van der Waals surface area contributed by atoms with Crippen LogP contribution in [0.5, 0.6) is 0 Å². The summed E-state index contributed by atoms with van der Waals surface area (Å²) in [6, 6.07) is 2.16. The average molecular weight is 401 g/mol. The number of carbonyl (C=O) groups is 1. The summed E-state index contributed by atoms with van der Waals surface area (Å²) < 4.78 is 44.2. The van der Waals surface area contributed by atoms with Gasteiger partial charge in [0.05, 0.1) is 22.6 Å². The molecule has 0 radical (unpaired) electrons. The summed E-state index contributed by atoms with van der Waals surface area (Å²) >= 11 is 0. The first-order chi connectivity index (χ1) is 12.9. The first-order valence-corrected chi connectivity index (χ1v) is 8.99. The molecular formula is C18H22F3N3O4. The smallest absolute Gasteiger partial charge is 0.416 e. The molecule has 0 saturated carbocycles. The second-order valence-electron chi connectivity index (χ2n) is 8.14. The highest BCUT2D eigenvalue weighted by Crippen LogP contribution is 2.40. The van der Waals surface area contributed by atoms with E-state index in [0.29, 0.717) is 19.2 Å². The van der Waals surface area contributed by atoms with Gasteiger partial charge in [0.25, 0.3) is 5.69 Å². The molecule has 0 N–H and O–H groups in total. The van der Waals surface area contributed by atoms with Gasteiger partial charge in [-0.2, -0.15) is 13.2 Å². The minimum absolute atomic E-state index is 0.138. The molecule has 0 spiro atoms. The fraction of sp³-hybridized carbons (Fsp3) is 0.611. The van der Waals surface area contributed by atoms with E-state index in [4.69, 9.17) is 4.74 Å². The number of ether oxygens (including phenoxy) is 1. The van der Waals surface area contributed by atoms with Crippen LogP contribution in [-0.2, 0) is 10.9 Å². The van der Waals surface area contributed by atoms with Crippen LogP contribution in [0, 0.1) is 10.1 Å². The molecule has 10 heteroatoms. The lowest BCUT2D eigenvalue weighted by molar-refractivity contribution is -0.384. The number of alkyl halides is 3. The topological polar surface area (TPSA) is 75.9 Å². The minimum Gasteiger partial charge on any atom is -0.444 e. The van der Waals surface area contributed by atoms with Crippen LogP contribution in [-0.4, -0.2) is 46.7 Å². The lowest BCUT2D eigenvalue weighted by Gasteiger charge is -2.42. The van der Waals surface area contributed by atoms with Crippen LogP contribution in [0.3, 0.4) is 0 Å². The van der Waals surface area contributed by atoms with Crippen LogP contribution in [0.15, 0.2) is 18.2 Å². The summed E-state index contributed by atoms with van der Waals surface area (Å²) in [4.78, 5) is 26.4. The van der Waals surface area contributed by atoms with E-state index in [2.05, 4.69) is 0 Å². The molecule has 7 nitrogen and oxygen atoms in total.